The van der Waals surface area contributed by atoms with Crippen LogP contribution in [-0.2, 0) is 21.8 Å². The highest BCUT2D eigenvalue weighted by atomic mass is 32.2. The van der Waals surface area contributed by atoms with Crippen LogP contribution >= 0.6 is 0 Å². The second-order valence-corrected chi connectivity index (χ2v) is 9.67. The Morgan fingerprint density at radius 3 is 2.46 bits per heavy atom. The van der Waals surface area contributed by atoms with Crippen molar-refractivity contribution in [1.29, 1.82) is 0 Å². The van der Waals surface area contributed by atoms with Crippen LogP contribution < -0.4 is 4.72 Å². The number of carbonyl (C=O) groups is 2. The first-order valence-electron chi connectivity index (χ1n) is 8.70. The van der Waals surface area contributed by atoms with Crippen LogP contribution in [0.1, 0.15) is 44.6 Å². The Morgan fingerprint density at radius 1 is 1.39 bits per heavy atom. The molecular formula is C17H26FN3O6S. The van der Waals surface area contributed by atoms with E-state index >= 15 is 0 Å². The minimum absolute atomic E-state index is 0.121. The van der Waals surface area contributed by atoms with E-state index in [0.29, 0.717) is 0 Å². The monoisotopic (exact) mass is 419 g/mol. The van der Waals surface area contributed by atoms with Gasteiger partial charge < -0.3 is 19.3 Å². The molecule has 1 aliphatic heterocycles. The number of Topliss-reactive ketones (excluding diaryl/α,β-unsaturated/α-hetero) is 1. The minimum atomic E-state index is -4.40. The second kappa shape index (κ2) is 7.45. The lowest BCUT2D eigenvalue weighted by Crippen LogP contribution is -2.53. The highest BCUT2D eigenvalue weighted by Crippen LogP contribution is 2.27. The molecule has 28 heavy (non-hydrogen) atoms. The van der Waals surface area contributed by atoms with Gasteiger partial charge in [0.05, 0.1) is 12.1 Å². The first-order valence-corrected chi connectivity index (χ1v) is 10.2. The number of ketones is 1. The van der Waals surface area contributed by atoms with Gasteiger partial charge in [-0.2, -0.15) is 0 Å². The number of hydrogen-bond acceptors (Lipinski definition) is 6. The Hall–Kier alpha value is -1.98. The van der Waals surface area contributed by atoms with Gasteiger partial charge in [0.15, 0.2) is 11.6 Å². The number of rotatable bonds is 5. The topological polar surface area (TPSA) is 118 Å². The van der Waals surface area contributed by atoms with Crippen molar-refractivity contribution in [3.8, 4) is 0 Å². The predicted octanol–water partition coefficient (Wildman–Crippen LogP) is 1.02. The third-order valence-corrected chi connectivity index (χ3v) is 5.94. The van der Waals surface area contributed by atoms with Crippen molar-refractivity contribution in [2.24, 2.45) is 7.05 Å². The Kier molecular flexibility index (Phi) is 5.94. The summed E-state index contributed by atoms with van der Waals surface area (Å²) in [6, 6.07) is 0. The molecule has 2 rings (SSSR count). The molecule has 0 unspecified atom stereocenters. The first kappa shape index (κ1) is 22.3. The van der Waals surface area contributed by atoms with Gasteiger partial charge in [0.25, 0.3) is 0 Å². The summed E-state index contributed by atoms with van der Waals surface area (Å²) >= 11 is 0. The maximum atomic E-state index is 14.5. The lowest BCUT2D eigenvalue weighted by Gasteiger charge is -2.29. The molecule has 0 aromatic carbocycles. The van der Waals surface area contributed by atoms with Crippen LogP contribution in [0.3, 0.4) is 0 Å². The maximum absolute atomic E-state index is 14.5. The molecule has 1 aromatic rings. The number of nitrogens with zero attached hydrogens (tertiary/aromatic N) is 2. The van der Waals surface area contributed by atoms with Crippen LogP contribution in [0.15, 0.2) is 11.1 Å². The molecule has 11 heteroatoms. The van der Waals surface area contributed by atoms with Gasteiger partial charge in [0, 0.05) is 33.3 Å². The number of aromatic nitrogens is 1. The van der Waals surface area contributed by atoms with E-state index in [2.05, 4.69) is 4.72 Å². The van der Waals surface area contributed by atoms with Crippen LogP contribution in [0.5, 0.6) is 0 Å². The molecule has 1 atom stereocenters. The Morgan fingerprint density at radius 2 is 2.00 bits per heavy atom. The SMILES string of the molecule is CC(=O)c1c(F)c(S(=O)(=O)N[C@@]2(CO)CCN(C(=O)OC(C)(C)C)C2)cn1C. The summed E-state index contributed by atoms with van der Waals surface area (Å²) in [6.07, 6.45) is 0.488. The van der Waals surface area contributed by atoms with Gasteiger partial charge in [-0.3, -0.25) is 4.79 Å². The molecule has 9 nitrogen and oxygen atoms in total. The molecule has 2 N–H and O–H groups in total. The molecule has 1 amide bonds. The summed E-state index contributed by atoms with van der Waals surface area (Å²) < 4.78 is 48.7. The largest absolute Gasteiger partial charge is 0.444 e. The number of carbonyl (C=O) groups excluding carboxylic acids is 2. The number of ether oxygens (including phenoxy) is 1. The van der Waals surface area contributed by atoms with Crippen LogP contribution in [-0.4, -0.2) is 65.7 Å². The third kappa shape index (κ3) is 4.53. The van der Waals surface area contributed by atoms with Crippen molar-refractivity contribution >= 4 is 21.9 Å². The van der Waals surface area contributed by atoms with Crippen molar-refractivity contribution in [2.45, 2.75) is 50.2 Å². The molecule has 0 saturated carbocycles. The van der Waals surface area contributed by atoms with E-state index in [4.69, 9.17) is 4.74 Å². The predicted molar refractivity (Wildman–Crippen MR) is 97.9 cm³/mol. The zero-order chi connectivity index (χ0) is 21.5. The van der Waals surface area contributed by atoms with Gasteiger partial charge in [0.1, 0.15) is 16.2 Å². The molecule has 1 saturated heterocycles. The first-order chi connectivity index (χ1) is 12.7. The summed E-state index contributed by atoms with van der Waals surface area (Å²) in [4.78, 5) is 24.4. The number of halogens is 1. The van der Waals surface area contributed by atoms with E-state index in [1.54, 1.807) is 20.8 Å². The average molecular weight is 419 g/mol. The smallest absolute Gasteiger partial charge is 0.410 e. The van der Waals surface area contributed by atoms with E-state index in [9.17, 15) is 27.5 Å². The summed E-state index contributed by atoms with van der Waals surface area (Å²) in [5, 5.41) is 9.82. The fourth-order valence-electron chi connectivity index (χ4n) is 3.10. The zero-order valence-corrected chi connectivity index (χ0v) is 17.4. The quantitative estimate of drug-likeness (QED) is 0.688. The van der Waals surface area contributed by atoms with E-state index in [1.165, 1.54) is 11.9 Å². The van der Waals surface area contributed by atoms with Gasteiger partial charge in [-0.25, -0.2) is 22.3 Å². The number of hydrogen-bond donors (Lipinski definition) is 2. The summed E-state index contributed by atoms with van der Waals surface area (Å²) in [7, 11) is -3.04. The van der Waals surface area contributed by atoms with Gasteiger partial charge in [-0.15, -0.1) is 0 Å². The lowest BCUT2D eigenvalue weighted by atomic mass is 10.0. The van der Waals surface area contributed by atoms with Crippen LogP contribution in [0.2, 0.25) is 0 Å². The fraction of sp³-hybridized carbons (Fsp3) is 0.647. The number of likely N-dealkylation sites (tertiary alicyclic amines) is 1. The average Bonchev–Trinajstić information content (AvgIpc) is 3.07. The zero-order valence-electron chi connectivity index (χ0n) is 16.6. The van der Waals surface area contributed by atoms with Crippen LogP contribution in [0, 0.1) is 5.82 Å². The van der Waals surface area contributed by atoms with Gasteiger partial charge in [-0.05, 0) is 27.2 Å². The van der Waals surface area contributed by atoms with Crippen molar-refractivity contribution in [3.05, 3.63) is 17.7 Å². The van der Waals surface area contributed by atoms with Crippen LogP contribution in [0.25, 0.3) is 0 Å². The molecule has 1 aliphatic rings. The third-order valence-electron chi connectivity index (χ3n) is 4.37. The number of aryl methyl sites for hydroxylation is 1. The summed E-state index contributed by atoms with van der Waals surface area (Å²) in [5.41, 5.74) is -2.47. The highest BCUT2D eigenvalue weighted by molar-refractivity contribution is 7.89. The lowest BCUT2D eigenvalue weighted by molar-refractivity contribution is 0.0275. The number of sulfonamides is 1. The normalized spacial score (nSPS) is 20.5. The highest BCUT2D eigenvalue weighted by Gasteiger charge is 2.44. The Bertz CT molecular complexity index is 889. The molecule has 0 aliphatic carbocycles. The minimum Gasteiger partial charge on any atom is -0.444 e. The molecule has 1 aromatic heterocycles. The van der Waals surface area contributed by atoms with Crippen molar-refractivity contribution in [1.82, 2.24) is 14.2 Å². The summed E-state index contributed by atoms with van der Waals surface area (Å²) in [5.74, 6) is -1.77. The molecule has 0 radical (unpaired) electrons. The Balaban J connectivity index is 2.26. The molecule has 0 bridgehead atoms. The van der Waals surface area contributed by atoms with Crippen LogP contribution in [0.4, 0.5) is 9.18 Å². The van der Waals surface area contributed by atoms with E-state index in [0.717, 1.165) is 17.7 Å². The fourth-order valence-corrected chi connectivity index (χ4v) is 4.64. The van der Waals surface area contributed by atoms with Gasteiger partial charge >= 0.3 is 6.09 Å². The standard InChI is InChI=1S/C17H26FN3O6S/c1-11(23)14-13(18)12(8-20(14)5)28(25,26)19-17(10-22)6-7-21(9-17)15(24)27-16(2,3)4/h8,19,22H,6-7,9-10H2,1-5H3/t17-/m0/s1. The maximum Gasteiger partial charge on any atom is 0.410 e. The number of nitrogens with one attached hydrogen (secondary N) is 1. The molecular weight excluding hydrogens is 393 g/mol. The van der Waals surface area contributed by atoms with E-state index in [-0.39, 0.29) is 25.2 Å². The van der Waals surface area contributed by atoms with Crippen molar-refractivity contribution < 1.29 is 32.2 Å². The molecule has 1 fully saturated rings. The van der Waals surface area contributed by atoms with Crippen molar-refractivity contribution in [2.75, 3.05) is 19.7 Å². The molecule has 0 spiro atoms. The van der Waals surface area contributed by atoms with Gasteiger partial charge in [-0.1, -0.05) is 0 Å². The van der Waals surface area contributed by atoms with E-state index in [1.807, 2.05) is 0 Å². The number of aliphatic hydroxyl groups excluding tert-OH is 1. The van der Waals surface area contributed by atoms with Gasteiger partial charge in [0.2, 0.25) is 10.0 Å². The second-order valence-electron chi connectivity index (χ2n) is 8.02. The molecule has 2 heterocycles. The molecule has 158 valence electrons. The van der Waals surface area contributed by atoms with Crippen molar-refractivity contribution in [3.63, 3.8) is 0 Å². The Labute approximate surface area is 163 Å². The summed E-state index contributed by atoms with van der Waals surface area (Å²) in [6.45, 7) is 5.67. The number of aliphatic hydroxyl groups is 1. The number of amides is 1. The van der Waals surface area contributed by atoms with E-state index < -0.39 is 50.4 Å².